The topological polar surface area (TPSA) is 35.2 Å². The Hall–Kier alpha value is -1.09. The average molecular weight is 197 g/mol. The third kappa shape index (κ3) is 3.34. The smallest absolute Gasteiger partial charge is 0.122 e. The number of benzene rings is 1. The minimum absolute atomic E-state index is 0.584. The van der Waals surface area contributed by atoms with E-state index in [-0.39, 0.29) is 0 Å². The Kier molecular flexibility index (Phi) is 4.40. The molecule has 0 aliphatic rings. The fourth-order valence-corrected chi connectivity index (χ4v) is 1.13. The average Bonchev–Trinajstić information content (AvgIpc) is 2.19. The molecule has 0 radical (unpaired) electrons. The van der Waals surface area contributed by atoms with Crippen molar-refractivity contribution in [3.05, 3.63) is 29.8 Å². The number of hydrogen-bond donors (Lipinski definition) is 1. The highest BCUT2D eigenvalue weighted by molar-refractivity contribution is 5.29. The molecule has 2 nitrogen and oxygen atoms in total. The van der Waals surface area contributed by atoms with Crippen molar-refractivity contribution in [2.45, 2.75) is 19.5 Å². The van der Waals surface area contributed by atoms with Gasteiger partial charge in [0.2, 0.25) is 0 Å². The summed E-state index contributed by atoms with van der Waals surface area (Å²) in [4.78, 5) is 0. The molecule has 2 N–H and O–H groups in total. The molecule has 0 fully saturated rings. The summed E-state index contributed by atoms with van der Waals surface area (Å²) < 4.78 is 18.3. The van der Waals surface area contributed by atoms with Gasteiger partial charge >= 0.3 is 0 Å². The number of rotatable bonds is 5. The maximum absolute atomic E-state index is 12.9. The van der Waals surface area contributed by atoms with E-state index < -0.39 is 6.17 Å². The van der Waals surface area contributed by atoms with Crippen LogP contribution in [0.5, 0.6) is 5.75 Å². The lowest BCUT2D eigenvalue weighted by molar-refractivity contribution is 0.311. The van der Waals surface area contributed by atoms with Crippen LogP contribution < -0.4 is 10.5 Å². The molecule has 0 saturated heterocycles. The maximum Gasteiger partial charge on any atom is 0.122 e. The second-order valence-corrected chi connectivity index (χ2v) is 3.18. The Labute approximate surface area is 83.9 Å². The third-order valence-corrected chi connectivity index (χ3v) is 1.93. The van der Waals surface area contributed by atoms with E-state index in [4.69, 9.17) is 10.5 Å². The van der Waals surface area contributed by atoms with E-state index in [0.29, 0.717) is 24.5 Å². The molecule has 14 heavy (non-hydrogen) atoms. The summed E-state index contributed by atoms with van der Waals surface area (Å²) in [5.41, 5.74) is 5.98. The molecule has 1 unspecified atom stereocenters. The van der Waals surface area contributed by atoms with Crippen LogP contribution in [-0.4, -0.2) is 13.2 Å². The van der Waals surface area contributed by atoms with Gasteiger partial charge in [-0.3, -0.25) is 0 Å². The normalized spacial score (nSPS) is 12.5. The molecule has 0 aliphatic heterocycles. The molecule has 0 heterocycles. The van der Waals surface area contributed by atoms with Crippen molar-refractivity contribution in [2.75, 3.05) is 13.2 Å². The van der Waals surface area contributed by atoms with Gasteiger partial charge in [-0.2, -0.15) is 0 Å². The summed E-state index contributed by atoms with van der Waals surface area (Å²) in [6.45, 7) is 2.71. The fraction of sp³-hybridized carbons (Fsp3) is 0.455. The lowest BCUT2D eigenvalue weighted by atomic mass is 10.1. The van der Waals surface area contributed by atoms with Crippen LogP contribution >= 0.6 is 0 Å². The van der Waals surface area contributed by atoms with E-state index in [1.165, 1.54) is 6.92 Å². The highest BCUT2D eigenvalue weighted by Crippen LogP contribution is 2.21. The summed E-state index contributed by atoms with van der Waals surface area (Å²) in [5.74, 6) is 0.709. The van der Waals surface area contributed by atoms with Gasteiger partial charge in [-0.15, -0.1) is 0 Å². The molecule has 0 bridgehead atoms. The lowest BCUT2D eigenvalue weighted by Gasteiger charge is -2.07. The highest BCUT2D eigenvalue weighted by Gasteiger charge is 2.03. The molecule has 0 spiro atoms. The summed E-state index contributed by atoms with van der Waals surface area (Å²) >= 11 is 0. The lowest BCUT2D eigenvalue weighted by Crippen LogP contribution is -2.06. The van der Waals surface area contributed by atoms with Gasteiger partial charge in [-0.1, -0.05) is 12.1 Å². The number of ether oxygens (including phenoxy) is 1. The van der Waals surface area contributed by atoms with Gasteiger partial charge in [0.1, 0.15) is 11.9 Å². The zero-order valence-corrected chi connectivity index (χ0v) is 8.37. The molecular weight excluding hydrogens is 181 g/mol. The molecule has 0 saturated carbocycles. The standard InChI is InChI=1S/C11H16FNO/c1-9(12)10-4-2-5-11(8-10)14-7-3-6-13/h2,4-5,8-9H,3,6-7,13H2,1H3. The van der Waals surface area contributed by atoms with Crippen molar-refractivity contribution in [1.29, 1.82) is 0 Å². The Morgan fingerprint density at radius 2 is 2.29 bits per heavy atom. The van der Waals surface area contributed by atoms with Crippen molar-refractivity contribution in [1.82, 2.24) is 0 Å². The predicted molar refractivity (Wildman–Crippen MR) is 55.1 cm³/mol. The number of hydrogen-bond acceptors (Lipinski definition) is 2. The first-order valence-electron chi connectivity index (χ1n) is 4.81. The molecule has 3 heteroatoms. The van der Waals surface area contributed by atoms with Gasteiger partial charge in [0, 0.05) is 0 Å². The van der Waals surface area contributed by atoms with Crippen LogP contribution in [0.1, 0.15) is 25.1 Å². The van der Waals surface area contributed by atoms with Crippen LogP contribution in [0.3, 0.4) is 0 Å². The van der Waals surface area contributed by atoms with Crippen molar-refractivity contribution >= 4 is 0 Å². The number of alkyl halides is 1. The second kappa shape index (κ2) is 5.60. The number of halogens is 1. The minimum Gasteiger partial charge on any atom is -0.494 e. The summed E-state index contributed by atoms with van der Waals surface area (Å²) in [6.07, 6.45) is -0.136. The quantitative estimate of drug-likeness (QED) is 0.736. The molecule has 1 rings (SSSR count). The van der Waals surface area contributed by atoms with E-state index in [0.717, 1.165) is 6.42 Å². The van der Waals surface area contributed by atoms with Gasteiger partial charge in [0.15, 0.2) is 0 Å². The first-order valence-corrected chi connectivity index (χ1v) is 4.81. The van der Waals surface area contributed by atoms with Crippen molar-refractivity contribution < 1.29 is 9.13 Å². The van der Waals surface area contributed by atoms with Crippen molar-refractivity contribution in [3.63, 3.8) is 0 Å². The molecule has 1 aromatic rings. The maximum atomic E-state index is 12.9. The van der Waals surface area contributed by atoms with Gasteiger partial charge in [0.05, 0.1) is 6.61 Å². The molecular formula is C11H16FNO. The molecule has 0 amide bonds. The summed E-state index contributed by atoms with van der Waals surface area (Å²) in [5, 5.41) is 0. The van der Waals surface area contributed by atoms with Crippen LogP contribution in [0.4, 0.5) is 4.39 Å². The van der Waals surface area contributed by atoms with E-state index in [1.54, 1.807) is 18.2 Å². The van der Waals surface area contributed by atoms with Crippen molar-refractivity contribution in [3.8, 4) is 5.75 Å². The van der Waals surface area contributed by atoms with Crippen LogP contribution in [0.15, 0.2) is 24.3 Å². The van der Waals surface area contributed by atoms with Gasteiger partial charge in [0.25, 0.3) is 0 Å². The summed E-state index contributed by atoms with van der Waals surface area (Å²) in [7, 11) is 0. The third-order valence-electron chi connectivity index (χ3n) is 1.93. The largest absolute Gasteiger partial charge is 0.494 e. The minimum atomic E-state index is -0.951. The zero-order chi connectivity index (χ0) is 10.4. The van der Waals surface area contributed by atoms with E-state index >= 15 is 0 Å². The molecule has 1 atom stereocenters. The summed E-state index contributed by atoms with van der Waals surface area (Å²) in [6, 6.07) is 7.09. The monoisotopic (exact) mass is 197 g/mol. The molecule has 0 aromatic heterocycles. The van der Waals surface area contributed by atoms with Crippen LogP contribution in [-0.2, 0) is 0 Å². The fourth-order valence-electron chi connectivity index (χ4n) is 1.13. The van der Waals surface area contributed by atoms with Crippen molar-refractivity contribution in [2.24, 2.45) is 5.73 Å². The van der Waals surface area contributed by atoms with Crippen LogP contribution in [0.25, 0.3) is 0 Å². The Morgan fingerprint density at radius 3 is 2.93 bits per heavy atom. The first kappa shape index (κ1) is 11.0. The predicted octanol–water partition coefficient (Wildman–Crippen LogP) is 2.44. The van der Waals surface area contributed by atoms with E-state index in [2.05, 4.69) is 0 Å². The van der Waals surface area contributed by atoms with Crippen LogP contribution in [0, 0.1) is 0 Å². The van der Waals surface area contributed by atoms with E-state index in [1.807, 2.05) is 6.07 Å². The zero-order valence-electron chi connectivity index (χ0n) is 8.37. The van der Waals surface area contributed by atoms with Crippen LogP contribution in [0.2, 0.25) is 0 Å². The molecule has 1 aromatic carbocycles. The van der Waals surface area contributed by atoms with E-state index in [9.17, 15) is 4.39 Å². The Balaban J connectivity index is 2.55. The second-order valence-electron chi connectivity index (χ2n) is 3.18. The first-order chi connectivity index (χ1) is 6.74. The van der Waals surface area contributed by atoms with Gasteiger partial charge in [-0.25, -0.2) is 4.39 Å². The Morgan fingerprint density at radius 1 is 1.50 bits per heavy atom. The Bertz CT molecular complexity index is 276. The number of nitrogens with two attached hydrogens (primary N) is 1. The van der Waals surface area contributed by atoms with Gasteiger partial charge < -0.3 is 10.5 Å². The van der Waals surface area contributed by atoms with Gasteiger partial charge in [-0.05, 0) is 37.6 Å². The molecule has 0 aliphatic carbocycles. The molecule has 78 valence electrons. The SMILES string of the molecule is CC(F)c1cccc(OCCCN)c1. The highest BCUT2D eigenvalue weighted by atomic mass is 19.1.